The third-order valence-electron chi connectivity index (χ3n) is 4.21. The molecule has 0 radical (unpaired) electrons. The Morgan fingerprint density at radius 1 is 1.19 bits per heavy atom. The molecule has 0 aromatic carbocycles. The molecule has 0 aliphatic rings. The Morgan fingerprint density at radius 3 is 2.52 bits per heavy atom. The van der Waals surface area contributed by atoms with Gasteiger partial charge in [-0.25, -0.2) is 21.6 Å². The van der Waals surface area contributed by atoms with E-state index in [0.717, 1.165) is 10.2 Å². The van der Waals surface area contributed by atoms with Crippen molar-refractivity contribution in [1.29, 1.82) is 0 Å². The van der Waals surface area contributed by atoms with E-state index in [-0.39, 0.29) is 22.7 Å². The molecule has 164 valence electrons. The number of hydrogen-bond donors (Lipinski definition) is 0. The summed E-state index contributed by atoms with van der Waals surface area (Å²) in [6.07, 6.45) is 5.85. The minimum absolute atomic E-state index is 0.0478. The molecule has 3 heterocycles. The Hall–Kier alpha value is -3.27. The van der Waals surface area contributed by atoms with E-state index in [1.807, 2.05) is 0 Å². The highest BCUT2D eigenvalue weighted by molar-refractivity contribution is 7.90. The second-order valence-electron chi connectivity index (χ2n) is 7.92. The van der Waals surface area contributed by atoms with Crippen molar-refractivity contribution in [2.45, 2.75) is 37.8 Å². The Kier molecular flexibility index (Phi) is 6.12. The Morgan fingerprint density at radius 2 is 1.90 bits per heavy atom. The van der Waals surface area contributed by atoms with Crippen LogP contribution in [0.25, 0.3) is 11.3 Å². The van der Waals surface area contributed by atoms with Gasteiger partial charge >= 0.3 is 6.09 Å². The fraction of sp³-hybridized carbons (Fsp3) is 0.286. The van der Waals surface area contributed by atoms with Crippen LogP contribution in [0.3, 0.4) is 0 Å². The zero-order valence-electron chi connectivity index (χ0n) is 17.6. The normalized spacial score (nSPS) is 11.9. The molecule has 3 aromatic heterocycles. The first-order chi connectivity index (χ1) is 14.5. The minimum atomic E-state index is -4.07. The minimum Gasteiger partial charge on any atom is -0.444 e. The van der Waals surface area contributed by atoms with Crippen LogP contribution < -0.4 is 0 Å². The largest absolute Gasteiger partial charge is 0.444 e. The van der Waals surface area contributed by atoms with Gasteiger partial charge in [0, 0.05) is 37.4 Å². The summed E-state index contributed by atoms with van der Waals surface area (Å²) in [7, 11) is -2.53. The molecular formula is C21H23FN4O4S. The average Bonchev–Trinajstić information content (AvgIpc) is 3.12. The number of amides is 1. The molecule has 10 heteroatoms. The van der Waals surface area contributed by atoms with Crippen LogP contribution in [-0.2, 0) is 21.3 Å². The van der Waals surface area contributed by atoms with Crippen molar-refractivity contribution >= 4 is 16.1 Å². The Bertz CT molecular complexity index is 1190. The van der Waals surface area contributed by atoms with Crippen molar-refractivity contribution in [1.82, 2.24) is 18.8 Å². The third-order valence-corrected chi connectivity index (χ3v) is 5.86. The highest BCUT2D eigenvalue weighted by Gasteiger charge is 2.25. The molecule has 0 saturated carbocycles. The number of pyridine rings is 2. The van der Waals surface area contributed by atoms with Crippen LogP contribution >= 0.6 is 0 Å². The number of halogens is 1. The summed E-state index contributed by atoms with van der Waals surface area (Å²) in [5.74, 6) is -0.671. The maximum Gasteiger partial charge on any atom is 0.410 e. The van der Waals surface area contributed by atoms with Crippen LogP contribution in [0.4, 0.5) is 9.18 Å². The van der Waals surface area contributed by atoms with Gasteiger partial charge in [-0.05, 0) is 50.6 Å². The van der Waals surface area contributed by atoms with E-state index in [1.54, 1.807) is 20.8 Å². The summed E-state index contributed by atoms with van der Waals surface area (Å²) in [5, 5.41) is 0. The van der Waals surface area contributed by atoms with Crippen molar-refractivity contribution in [3.8, 4) is 11.3 Å². The molecule has 31 heavy (non-hydrogen) atoms. The van der Waals surface area contributed by atoms with Gasteiger partial charge in [-0.15, -0.1) is 0 Å². The maximum atomic E-state index is 14.5. The molecule has 0 saturated heterocycles. The molecule has 3 rings (SSSR count). The quantitative estimate of drug-likeness (QED) is 0.593. The first kappa shape index (κ1) is 22.4. The van der Waals surface area contributed by atoms with Gasteiger partial charge in [0.2, 0.25) is 0 Å². The summed E-state index contributed by atoms with van der Waals surface area (Å²) in [6.45, 7) is 5.31. The van der Waals surface area contributed by atoms with Crippen LogP contribution in [0.5, 0.6) is 0 Å². The fourth-order valence-electron chi connectivity index (χ4n) is 2.85. The van der Waals surface area contributed by atoms with Gasteiger partial charge in [0.15, 0.2) is 5.82 Å². The lowest BCUT2D eigenvalue weighted by Crippen LogP contribution is -2.33. The van der Waals surface area contributed by atoms with Crippen LogP contribution in [-0.4, -0.2) is 46.0 Å². The monoisotopic (exact) mass is 446 g/mol. The van der Waals surface area contributed by atoms with Crippen LogP contribution in [0.2, 0.25) is 0 Å². The van der Waals surface area contributed by atoms with Crippen molar-refractivity contribution in [3.05, 3.63) is 66.6 Å². The van der Waals surface area contributed by atoms with E-state index in [1.165, 1.54) is 61.0 Å². The topological polar surface area (TPSA) is 94.4 Å². The van der Waals surface area contributed by atoms with Crippen molar-refractivity contribution in [2.75, 3.05) is 7.05 Å². The number of carbonyl (C=O) groups excluding carboxylic acids is 1. The molecule has 0 fully saturated rings. The highest BCUT2D eigenvalue weighted by Crippen LogP contribution is 2.29. The standard InChI is InChI=1S/C21H23FN4O4S/c1-21(2,3)30-20(27)25(4)13-15-10-19(17-7-9-24-12-18(17)22)26(14-15)31(28,29)16-6-5-8-23-11-16/h5-12,14H,13H2,1-4H3. The molecule has 0 aliphatic carbocycles. The molecule has 0 N–H and O–H groups in total. The van der Waals surface area contributed by atoms with E-state index < -0.39 is 27.5 Å². The average molecular weight is 447 g/mol. The lowest BCUT2D eigenvalue weighted by Gasteiger charge is -2.24. The number of carbonyl (C=O) groups is 1. The summed E-state index contributed by atoms with van der Waals surface area (Å²) in [5.41, 5.74) is -0.0243. The predicted octanol–water partition coefficient (Wildman–Crippen LogP) is 3.69. The smallest absolute Gasteiger partial charge is 0.410 e. The van der Waals surface area contributed by atoms with E-state index in [9.17, 15) is 17.6 Å². The SMILES string of the molecule is CN(Cc1cc(-c2ccncc2F)n(S(=O)(=O)c2cccnc2)c1)C(=O)OC(C)(C)C. The fourth-order valence-corrected chi connectivity index (χ4v) is 4.21. The predicted molar refractivity (Wildman–Crippen MR) is 112 cm³/mol. The highest BCUT2D eigenvalue weighted by atomic mass is 32.2. The molecule has 0 unspecified atom stereocenters. The number of hydrogen-bond acceptors (Lipinski definition) is 6. The summed E-state index contributed by atoms with van der Waals surface area (Å²) in [6, 6.07) is 5.82. The first-order valence-electron chi connectivity index (χ1n) is 9.40. The molecule has 0 aliphatic heterocycles. The van der Waals surface area contributed by atoms with E-state index in [0.29, 0.717) is 5.56 Å². The molecular weight excluding hydrogens is 423 g/mol. The van der Waals surface area contributed by atoms with Gasteiger partial charge in [-0.2, -0.15) is 0 Å². The Labute approximate surface area is 180 Å². The van der Waals surface area contributed by atoms with Gasteiger partial charge in [-0.1, -0.05) is 0 Å². The van der Waals surface area contributed by atoms with Crippen LogP contribution in [0.1, 0.15) is 26.3 Å². The first-order valence-corrected chi connectivity index (χ1v) is 10.8. The van der Waals surface area contributed by atoms with Crippen LogP contribution in [0.15, 0.2) is 60.1 Å². The number of aromatic nitrogens is 3. The van der Waals surface area contributed by atoms with Gasteiger partial charge in [-0.3, -0.25) is 9.97 Å². The van der Waals surface area contributed by atoms with Crippen molar-refractivity contribution in [3.63, 3.8) is 0 Å². The zero-order valence-corrected chi connectivity index (χ0v) is 18.4. The lowest BCUT2D eigenvalue weighted by molar-refractivity contribution is 0.0285. The second kappa shape index (κ2) is 8.46. The van der Waals surface area contributed by atoms with Crippen molar-refractivity contribution in [2.24, 2.45) is 0 Å². The van der Waals surface area contributed by atoms with E-state index >= 15 is 0 Å². The van der Waals surface area contributed by atoms with Gasteiger partial charge in [0.1, 0.15) is 10.5 Å². The number of nitrogens with zero attached hydrogens (tertiary/aromatic N) is 4. The van der Waals surface area contributed by atoms with Crippen LogP contribution in [0, 0.1) is 5.82 Å². The number of rotatable bonds is 5. The summed E-state index contributed by atoms with van der Waals surface area (Å²) < 4.78 is 47.3. The Balaban J connectivity index is 2.05. The molecule has 0 bridgehead atoms. The van der Waals surface area contributed by atoms with Gasteiger partial charge in [0.25, 0.3) is 10.0 Å². The van der Waals surface area contributed by atoms with E-state index in [2.05, 4.69) is 9.97 Å². The van der Waals surface area contributed by atoms with E-state index in [4.69, 9.17) is 4.74 Å². The lowest BCUT2D eigenvalue weighted by atomic mass is 10.2. The summed E-state index contributed by atoms with van der Waals surface area (Å²) in [4.78, 5) is 21.1. The molecule has 8 nitrogen and oxygen atoms in total. The van der Waals surface area contributed by atoms with Gasteiger partial charge in [0.05, 0.1) is 18.4 Å². The van der Waals surface area contributed by atoms with Gasteiger partial charge < -0.3 is 9.64 Å². The molecule has 0 atom stereocenters. The maximum absolute atomic E-state index is 14.5. The molecule has 1 amide bonds. The van der Waals surface area contributed by atoms with Crippen molar-refractivity contribution < 1.29 is 22.3 Å². The second-order valence-corrected chi connectivity index (χ2v) is 9.73. The molecule has 3 aromatic rings. The summed E-state index contributed by atoms with van der Waals surface area (Å²) >= 11 is 0. The number of ether oxygens (including phenoxy) is 1. The molecule has 0 spiro atoms. The third kappa shape index (κ3) is 5.08. The zero-order chi connectivity index (χ0) is 22.8.